The number of anilines is 1. The second-order valence-electron chi connectivity index (χ2n) is 6.17. The van der Waals surface area contributed by atoms with Gasteiger partial charge in [-0.1, -0.05) is 36.8 Å². The van der Waals surface area contributed by atoms with Gasteiger partial charge in [-0.25, -0.2) is 0 Å². The van der Waals surface area contributed by atoms with Gasteiger partial charge in [0.05, 0.1) is 0 Å². The van der Waals surface area contributed by atoms with Gasteiger partial charge in [0.25, 0.3) is 5.91 Å². The molecule has 3 rings (SSSR count). The molecule has 0 radical (unpaired) electrons. The van der Waals surface area contributed by atoms with Crippen LogP contribution in [0, 0.1) is 6.92 Å². The minimum absolute atomic E-state index is 0.148. The number of benzene rings is 2. The molecule has 0 bridgehead atoms. The van der Waals surface area contributed by atoms with Crippen LogP contribution >= 0.6 is 0 Å². The van der Waals surface area contributed by atoms with E-state index in [-0.39, 0.29) is 5.91 Å². The third-order valence-corrected chi connectivity index (χ3v) is 4.54. The van der Waals surface area contributed by atoms with E-state index in [0.717, 1.165) is 43.7 Å². The Morgan fingerprint density at radius 3 is 2.30 bits per heavy atom. The molecule has 120 valence electrons. The first-order chi connectivity index (χ1) is 11.2. The van der Waals surface area contributed by atoms with Gasteiger partial charge in [0, 0.05) is 37.4 Å². The third-order valence-electron chi connectivity index (χ3n) is 4.54. The highest BCUT2D eigenvalue weighted by molar-refractivity contribution is 5.94. The molecule has 0 N–H and O–H groups in total. The number of rotatable bonds is 3. The second-order valence-corrected chi connectivity index (χ2v) is 6.17. The molecular weight excluding hydrogens is 284 g/mol. The Morgan fingerprint density at radius 1 is 1.00 bits per heavy atom. The van der Waals surface area contributed by atoms with E-state index in [4.69, 9.17) is 0 Å². The van der Waals surface area contributed by atoms with Gasteiger partial charge in [-0.3, -0.25) is 4.79 Å². The summed E-state index contributed by atoms with van der Waals surface area (Å²) in [5, 5.41) is 0. The van der Waals surface area contributed by atoms with Crippen molar-refractivity contribution in [3.63, 3.8) is 0 Å². The summed E-state index contributed by atoms with van der Waals surface area (Å²) in [7, 11) is 0. The fraction of sp³-hybridized carbons (Fsp3) is 0.350. The molecular formula is C20H24N2O. The molecule has 0 aliphatic carbocycles. The molecule has 0 spiro atoms. The van der Waals surface area contributed by atoms with Crippen LogP contribution in [0.5, 0.6) is 0 Å². The van der Waals surface area contributed by atoms with Crippen molar-refractivity contribution in [3.8, 4) is 0 Å². The molecule has 0 aromatic heterocycles. The highest BCUT2D eigenvalue weighted by Crippen LogP contribution is 2.18. The van der Waals surface area contributed by atoms with Crippen LogP contribution in [0.4, 0.5) is 5.69 Å². The first-order valence-corrected chi connectivity index (χ1v) is 8.37. The van der Waals surface area contributed by atoms with E-state index in [0.29, 0.717) is 0 Å². The number of hydrogen-bond acceptors (Lipinski definition) is 2. The molecule has 2 aromatic carbocycles. The Morgan fingerprint density at radius 2 is 1.70 bits per heavy atom. The van der Waals surface area contributed by atoms with Gasteiger partial charge in [-0.15, -0.1) is 0 Å². The van der Waals surface area contributed by atoms with Crippen molar-refractivity contribution in [1.29, 1.82) is 0 Å². The summed E-state index contributed by atoms with van der Waals surface area (Å²) in [5.41, 5.74) is 4.54. The van der Waals surface area contributed by atoms with Crippen LogP contribution < -0.4 is 4.90 Å². The topological polar surface area (TPSA) is 23.6 Å². The van der Waals surface area contributed by atoms with E-state index in [9.17, 15) is 4.79 Å². The van der Waals surface area contributed by atoms with Gasteiger partial charge in [-0.05, 0) is 43.2 Å². The SMILES string of the molecule is CCc1ccc(N2CCN(C(=O)c3cccc(C)c3)CC2)cc1. The maximum Gasteiger partial charge on any atom is 0.253 e. The molecule has 23 heavy (non-hydrogen) atoms. The first-order valence-electron chi connectivity index (χ1n) is 8.37. The van der Waals surface area contributed by atoms with Crippen molar-refractivity contribution < 1.29 is 4.79 Å². The van der Waals surface area contributed by atoms with E-state index in [1.807, 2.05) is 36.1 Å². The third kappa shape index (κ3) is 3.55. The normalized spacial score (nSPS) is 14.9. The van der Waals surface area contributed by atoms with Crippen molar-refractivity contribution in [2.75, 3.05) is 31.1 Å². The Labute approximate surface area is 138 Å². The Kier molecular flexibility index (Phi) is 4.65. The average Bonchev–Trinajstić information content (AvgIpc) is 2.61. The van der Waals surface area contributed by atoms with Crippen LogP contribution in [0.15, 0.2) is 48.5 Å². The summed E-state index contributed by atoms with van der Waals surface area (Å²) < 4.78 is 0. The van der Waals surface area contributed by atoms with Crippen LogP contribution in [0.3, 0.4) is 0 Å². The summed E-state index contributed by atoms with van der Waals surface area (Å²) in [6, 6.07) is 16.6. The van der Waals surface area contributed by atoms with E-state index in [1.165, 1.54) is 11.3 Å². The van der Waals surface area contributed by atoms with Crippen molar-refractivity contribution >= 4 is 11.6 Å². The van der Waals surface area contributed by atoms with Crippen LogP contribution in [-0.2, 0) is 6.42 Å². The molecule has 0 saturated carbocycles. The Hall–Kier alpha value is -2.29. The molecule has 3 heteroatoms. The predicted octanol–water partition coefficient (Wildman–Crippen LogP) is 3.52. The smallest absolute Gasteiger partial charge is 0.253 e. The lowest BCUT2D eigenvalue weighted by Gasteiger charge is -2.36. The number of amides is 1. The zero-order valence-corrected chi connectivity index (χ0v) is 14.0. The van der Waals surface area contributed by atoms with Crippen molar-refractivity contribution in [2.24, 2.45) is 0 Å². The molecule has 1 fully saturated rings. The van der Waals surface area contributed by atoms with Crippen molar-refractivity contribution in [3.05, 3.63) is 65.2 Å². The van der Waals surface area contributed by atoms with Crippen LogP contribution in [0.2, 0.25) is 0 Å². The van der Waals surface area contributed by atoms with E-state index >= 15 is 0 Å². The average molecular weight is 308 g/mol. The molecule has 1 aliphatic heterocycles. The van der Waals surface area contributed by atoms with Crippen LogP contribution in [-0.4, -0.2) is 37.0 Å². The van der Waals surface area contributed by atoms with Crippen molar-refractivity contribution in [1.82, 2.24) is 4.90 Å². The highest BCUT2D eigenvalue weighted by atomic mass is 16.2. The fourth-order valence-electron chi connectivity index (χ4n) is 3.07. The molecule has 1 aliphatic rings. The quantitative estimate of drug-likeness (QED) is 0.866. The standard InChI is InChI=1S/C20H24N2O/c1-3-17-7-9-19(10-8-17)21-11-13-22(14-12-21)20(23)18-6-4-5-16(2)15-18/h4-10,15H,3,11-14H2,1-2H3. The van der Waals surface area contributed by atoms with E-state index < -0.39 is 0 Å². The Bertz CT molecular complexity index is 670. The van der Waals surface area contributed by atoms with Gasteiger partial charge in [-0.2, -0.15) is 0 Å². The summed E-state index contributed by atoms with van der Waals surface area (Å²) in [6.45, 7) is 7.54. The monoisotopic (exact) mass is 308 g/mol. The van der Waals surface area contributed by atoms with E-state index in [1.54, 1.807) is 0 Å². The molecule has 1 heterocycles. The lowest BCUT2D eigenvalue weighted by atomic mass is 10.1. The fourth-order valence-corrected chi connectivity index (χ4v) is 3.07. The minimum atomic E-state index is 0.148. The summed E-state index contributed by atoms with van der Waals surface area (Å²) in [6.07, 6.45) is 1.07. The van der Waals surface area contributed by atoms with Gasteiger partial charge in [0.15, 0.2) is 0 Å². The van der Waals surface area contributed by atoms with Crippen molar-refractivity contribution in [2.45, 2.75) is 20.3 Å². The number of piperazine rings is 1. The number of aryl methyl sites for hydroxylation is 2. The highest BCUT2D eigenvalue weighted by Gasteiger charge is 2.22. The van der Waals surface area contributed by atoms with Gasteiger partial charge >= 0.3 is 0 Å². The number of nitrogens with zero attached hydrogens (tertiary/aromatic N) is 2. The zero-order valence-electron chi connectivity index (χ0n) is 14.0. The minimum Gasteiger partial charge on any atom is -0.368 e. The summed E-state index contributed by atoms with van der Waals surface area (Å²) in [4.78, 5) is 16.9. The molecule has 1 saturated heterocycles. The molecule has 2 aromatic rings. The predicted molar refractivity (Wildman–Crippen MR) is 95.1 cm³/mol. The van der Waals surface area contributed by atoms with Crippen LogP contribution in [0.25, 0.3) is 0 Å². The van der Waals surface area contributed by atoms with Gasteiger partial charge in [0.2, 0.25) is 0 Å². The van der Waals surface area contributed by atoms with Crippen LogP contribution in [0.1, 0.15) is 28.4 Å². The molecule has 3 nitrogen and oxygen atoms in total. The van der Waals surface area contributed by atoms with E-state index in [2.05, 4.69) is 36.1 Å². The first kappa shape index (κ1) is 15.6. The largest absolute Gasteiger partial charge is 0.368 e. The second kappa shape index (κ2) is 6.86. The zero-order chi connectivity index (χ0) is 16.2. The number of hydrogen-bond donors (Lipinski definition) is 0. The maximum absolute atomic E-state index is 12.6. The summed E-state index contributed by atoms with van der Waals surface area (Å²) in [5.74, 6) is 0.148. The van der Waals surface area contributed by atoms with Gasteiger partial charge < -0.3 is 9.80 Å². The molecule has 0 unspecified atom stereocenters. The Balaban J connectivity index is 1.62. The molecule has 0 atom stereocenters. The number of carbonyl (C=O) groups excluding carboxylic acids is 1. The number of carbonyl (C=O) groups is 1. The lowest BCUT2D eigenvalue weighted by Crippen LogP contribution is -2.48. The maximum atomic E-state index is 12.6. The molecule has 1 amide bonds. The van der Waals surface area contributed by atoms with Gasteiger partial charge in [0.1, 0.15) is 0 Å². The summed E-state index contributed by atoms with van der Waals surface area (Å²) >= 11 is 0. The lowest BCUT2D eigenvalue weighted by molar-refractivity contribution is 0.0746.